The number of nitrogens with zero attached hydrogens (tertiary/aromatic N) is 2. The lowest BCUT2D eigenvalue weighted by Crippen LogP contribution is -2.35. The van der Waals surface area contributed by atoms with Gasteiger partial charge in [0.25, 0.3) is 0 Å². The highest BCUT2D eigenvalue weighted by Crippen LogP contribution is 2.48. The number of pyridine rings is 1. The average Bonchev–Trinajstić information content (AvgIpc) is 2.86. The van der Waals surface area contributed by atoms with Crippen molar-refractivity contribution in [3.8, 4) is 5.88 Å². The number of sulfonamides is 1. The van der Waals surface area contributed by atoms with Crippen molar-refractivity contribution in [1.82, 2.24) is 9.29 Å². The van der Waals surface area contributed by atoms with E-state index in [1.807, 2.05) is 6.92 Å². The summed E-state index contributed by atoms with van der Waals surface area (Å²) in [5.41, 5.74) is 0.270. The molecule has 2 fully saturated rings. The van der Waals surface area contributed by atoms with E-state index in [9.17, 15) is 8.42 Å². The summed E-state index contributed by atoms with van der Waals surface area (Å²) in [5.74, 6) is 0.461. The van der Waals surface area contributed by atoms with Gasteiger partial charge in [0, 0.05) is 19.2 Å². The van der Waals surface area contributed by atoms with Crippen molar-refractivity contribution in [1.29, 1.82) is 0 Å². The van der Waals surface area contributed by atoms with E-state index >= 15 is 0 Å². The van der Waals surface area contributed by atoms with Crippen molar-refractivity contribution in [3.05, 3.63) is 18.3 Å². The third-order valence-electron chi connectivity index (χ3n) is 4.46. The van der Waals surface area contributed by atoms with E-state index in [1.165, 1.54) is 25.5 Å². The van der Waals surface area contributed by atoms with E-state index in [0.717, 1.165) is 6.42 Å². The molecule has 1 aliphatic heterocycles. The van der Waals surface area contributed by atoms with Crippen LogP contribution in [-0.4, -0.2) is 37.4 Å². The van der Waals surface area contributed by atoms with Crippen LogP contribution in [0.25, 0.3) is 0 Å². The lowest BCUT2D eigenvalue weighted by atomic mass is 9.68. The molecule has 1 spiro atoms. The summed E-state index contributed by atoms with van der Waals surface area (Å²) in [7, 11) is -3.40. The number of ether oxygens (including phenoxy) is 1. The number of hydrogen-bond acceptors (Lipinski definition) is 4. The summed E-state index contributed by atoms with van der Waals surface area (Å²) in [6.07, 6.45) is 5.96. The topological polar surface area (TPSA) is 59.5 Å². The smallest absolute Gasteiger partial charge is 0.244 e. The van der Waals surface area contributed by atoms with Crippen molar-refractivity contribution in [2.75, 3.05) is 19.7 Å². The van der Waals surface area contributed by atoms with E-state index in [0.29, 0.717) is 25.6 Å². The van der Waals surface area contributed by atoms with E-state index in [1.54, 1.807) is 16.4 Å². The van der Waals surface area contributed by atoms with Crippen LogP contribution in [0.15, 0.2) is 23.2 Å². The Labute approximate surface area is 120 Å². The Morgan fingerprint density at radius 2 is 2.15 bits per heavy atom. The summed E-state index contributed by atoms with van der Waals surface area (Å²) >= 11 is 0. The minimum absolute atomic E-state index is 0.261. The van der Waals surface area contributed by atoms with Crippen molar-refractivity contribution in [3.63, 3.8) is 0 Å². The molecule has 0 aromatic carbocycles. The molecule has 110 valence electrons. The first-order valence-electron chi connectivity index (χ1n) is 7.15. The van der Waals surface area contributed by atoms with Gasteiger partial charge >= 0.3 is 0 Å². The van der Waals surface area contributed by atoms with Gasteiger partial charge in [-0.1, -0.05) is 6.42 Å². The van der Waals surface area contributed by atoms with Crippen LogP contribution in [0.2, 0.25) is 0 Å². The maximum absolute atomic E-state index is 12.6. The molecule has 0 N–H and O–H groups in total. The Kier molecular flexibility index (Phi) is 3.46. The third kappa shape index (κ3) is 2.31. The van der Waals surface area contributed by atoms with Gasteiger partial charge in [-0.3, -0.25) is 0 Å². The van der Waals surface area contributed by atoms with Gasteiger partial charge in [-0.2, -0.15) is 4.31 Å². The molecular weight excluding hydrogens is 276 g/mol. The molecule has 3 rings (SSSR count). The van der Waals surface area contributed by atoms with Crippen molar-refractivity contribution < 1.29 is 13.2 Å². The molecule has 0 bridgehead atoms. The fraction of sp³-hybridized carbons (Fsp3) is 0.643. The van der Waals surface area contributed by atoms with Gasteiger partial charge in [0.05, 0.1) is 12.8 Å². The largest absolute Gasteiger partial charge is 0.478 e. The minimum atomic E-state index is -3.40. The van der Waals surface area contributed by atoms with Crippen LogP contribution in [0.5, 0.6) is 5.88 Å². The Balaban J connectivity index is 1.77. The number of rotatable bonds is 4. The normalized spacial score (nSPS) is 21.9. The molecule has 0 atom stereocenters. The molecular formula is C14H20N2O3S. The first kappa shape index (κ1) is 13.8. The Hall–Kier alpha value is -1.14. The van der Waals surface area contributed by atoms with E-state index in [4.69, 9.17) is 4.74 Å². The molecule has 5 nitrogen and oxygen atoms in total. The maximum Gasteiger partial charge on any atom is 0.244 e. The fourth-order valence-electron chi connectivity index (χ4n) is 3.09. The Morgan fingerprint density at radius 1 is 1.35 bits per heavy atom. The minimum Gasteiger partial charge on any atom is -0.478 e. The van der Waals surface area contributed by atoms with Crippen molar-refractivity contribution >= 4 is 10.0 Å². The average molecular weight is 296 g/mol. The number of hydrogen-bond donors (Lipinski definition) is 0. The van der Waals surface area contributed by atoms with Gasteiger partial charge in [-0.25, -0.2) is 13.4 Å². The zero-order valence-electron chi connectivity index (χ0n) is 11.7. The summed E-state index contributed by atoms with van der Waals surface area (Å²) in [4.78, 5) is 4.31. The molecule has 20 heavy (non-hydrogen) atoms. The molecule has 1 aliphatic carbocycles. The van der Waals surface area contributed by atoms with Gasteiger partial charge in [0.1, 0.15) is 4.90 Å². The molecule has 0 amide bonds. The second-order valence-corrected chi connectivity index (χ2v) is 7.65. The van der Waals surface area contributed by atoms with Crippen LogP contribution in [-0.2, 0) is 10.0 Å². The summed E-state index contributed by atoms with van der Waals surface area (Å²) < 4.78 is 32.0. The monoisotopic (exact) mass is 296 g/mol. The third-order valence-corrected chi connectivity index (χ3v) is 6.29. The molecule has 1 aromatic rings. The Bertz CT molecular complexity index is 579. The molecule has 0 radical (unpaired) electrons. The van der Waals surface area contributed by atoms with Gasteiger partial charge in [0.2, 0.25) is 15.9 Å². The quantitative estimate of drug-likeness (QED) is 0.853. The highest BCUT2D eigenvalue weighted by Gasteiger charge is 2.46. The highest BCUT2D eigenvalue weighted by molar-refractivity contribution is 7.89. The Morgan fingerprint density at radius 3 is 2.65 bits per heavy atom. The fourth-order valence-corrected chi connectivity index (χ4v) is 4.59. The molecule has 6 heteroatoms. The van der Waals surface area contributed by atoms with E-state index < -0.39 is 10.0 Å². The van der Waals surface area contributed by atoms with Gasteiger partial charge in [0.15, 0.2) is 0 Å². The second kappa shape index (κ2) is 5.00. The highest BCUT2D eigenvalue weighted by atomic mass is 32.2. The maximum atomic E-state index is 12.6. The second-order valence-electron chi connectivity index (χ2n) is 5.71. The first-order chi connectivity index (χ1) is 9.56. The molecule has 2 heterocycles. The van der Waals surface area contributed by atoms with E-state index in [-0.39, 0.29) is 10.3 Å². The van der Waals surface area contributed by atoms with Gasteiger partial charge in [-0.15, -0.1) is 0 Å². The summed E-state index contributed by atoms with van der Waals surface area (Å²) in [5, 5.41) is 0. The van der Waals surface area contributed by atoms with Crippen LogP contribution < -0.4 is 4.74 Å². The van der Waals surface area contributed by atoms with Crippen LogP contribution in [0.4, 0.5) is 0 Å². The van der Waals surface area contributed by atoms with Crippen molar-refractivity contribution in [2.45, 2.75) is 37.5 Å². The zero-order chi connectivity index (χ0) is 14.2. The summed E-state index contributed by atoms with van der Waals surface area (Å²) in [6.45, 7) is 3.69. The molecule has 2 aliphatic rings. The molecule has 1 saturated carbocycles. The first-order valence-corrected chi connectivity index (χ1v) is 8.59. The number of aromatic nitrogens is 1. The van der Waals surface area contributed by atoms with E-state index in [2.05, 4.69) is 4.98 Å². The van der Waals surface area contributed by atoms with Gasteiger partial charge < -0.3 is 4.74 Å². The SMILES string of the molecule is CCOc1ccc(S(=O)(=O)N2CCC3(CCC3)C2)cn1. The lowest BCUT2D eigenvalue weighted by Gasteiger charge is -2.37. The van der Waals surface area contributed by atoms with Gasteiger partial charge in [-0.05, 0) is 37.7 Å². The van der Waals surface area contributed by atoms with Crippen LogP contribution in [0.1, 0.15) is 32.6 Å². The zero-order valence-corrected chi connectivity index (χ0v) is 12.5. The predicted octanol–water partition coefficient (Wildman–Crippen LogP) is 2.04. The summed E-state index contributed by atoms with van der Waals surface area (Å²) in [6, 6.07) is 3.20. The van der Waals surface area contributed by atoms with Crippen LogP contribution in [0, 0.1) is 5.41 Å². The predicted molar refractivity (Wildman–Crippen MR) is 75.1 cm³/mol. The molecule has 1 saturated heterocycles. The van der Waals surface area contributed by atoms with Crippen LogP contribution in [0.3, 0.4) is 0 Å². The standard InChI is InChI=1S/C14H20N2O3S/c1-2-19-13-5-4-12(10-15-13)20(17,18)16-9-8-14(11-16)6-3-7-14/h4-5,10H,2-3,6-9,11H2,1H3. The van der Waals surface area contributed by atoms with Crippen molar-refractivity contribution in [2.24, 2.45) is 5.41 Å². The lowest BCUT2D eigenvalue weighted by molar-refractivity contribution is 0.153. The molecule has 0 unspecified atom stereocenters. The van der Waals surface area contributed by atoms with Crippen LogP contribution >= 0.6 is 0 Å². The molecule has 1 aromatic heterocycles.